The summed E-state index contributed by atoms with van der Waals surface area (Å²) in [4.78, 5) is 4.57. The number of aromatic nitrogens is 1. The van der Waals surface area contributed by atoms with Crippen LogP contribution in [0.25, 0.3) is 0 Å². The highest BCUT2D eigenvalue weighted by Gasteiger charge is 2.14. The first-order chi connectivity index (χ1) is 9.63. The third-order valence-electron chi connectivity index (χ3n) is 3.35. The quantitative estimate of drug-likeness (QED) is 0.881. The van der Waals surface area contributed by atoms with E-state index in [-0.39, 0.29) is 0 Å². The van der Waals surface area contributed by atoms with E-state index < -0.39 is 0 Å². The number of likely N-dealkylation sites (N-methyl/N-ethyl adjacent to an activating group) is 1. The van der Waals surface area contributed by atoms with Crippen molar-refractivity contribution in [3.8, 4) is 5.75 Å². The van der Waals surface area contributed by atoms with Crippen molar-refractivity contribution in [1.29, 1.82) is 0 Å². The zero-order chi connectivity index (χ0) is 14.5. The largest absolute Gasteiger partial charge is 0.496 e. The van der Waals surface area contributed by atoms with Crippen molar-refractivity contribution < 1.29 is 4.74 Å². The summed E-state index contributed by atoms with van der Waals surface area (Å²) in [6, 6.07) is 6.68. The van der Waals surface area contributed by atoms with Gasteiger partial charge in [-0.05, 0) is 37.6 Å². The van der Waals surface area contributed by atoms with Crippen LogP contribution in [0, 0.1) is 13.8 Å². The van der Waals surface area contributed by atoms with E-state index in [0.29, 0.717) is 6.04 Å². The number of ether oxygens (including phenoxy) is 1. The molecule has 0 amide bonds. The molecular weight excluding hydrogens is 268 g/mol. The Bertz CT molecular complexity index is 565. The van der Waals surface area contributed by atoms with Gasteiger partial charge in [-0.2, -0.15) is 0 Å². The topological polar surface area (TPSA) is 34.2 Å². The Labute approximate surface area is 125 Å². The summed E-state index contributed by atoms with van der Waals surface area (Å²) in [5.41, 5.74) is 3.62. The predicted octanol–water partition coefficient (Wildman–Crippen LogP) is 3.66. The molecule has 3 nitrogen and oxygen atoms in total. The van der Waals surface area contributed by atoms with Gasteiger partial charge in [-0.3, -0.25) is 0 Å². The molecule has 2 aromatic rings. The number of nitrogens with one attached hydrogen (secondary N) is 1. The molecule has 1 aromatic carbocycles. The molecule has 108 valence electrons. The van der Waals surface area contributed by atoms with Crippen LogP contribution in [0.2, 0.25) is 0 Å². The molecule has 1 unspecified atom stereocenters. The molecule has 0 aliphatic carbocycles. The standard InChI is InChI=1S/C16H22N2OS/c1-5-17-15(9-14-10-20-12(3)18-14)13-6-7-16(19-4)11(2)8-13/h6-8,10,15,17H,5,9H2,1-4H3. The third kappa shape index (κ3) is 3.58. The SMILES string of the molecule is CCNC(Cc1csc(C)n1)c1ccc(OC)c(C)c1. The lowest BCUT2D eigenvalue weighted by molar-refractivity contribution is 0.411. The molecule has 0 radical (unpaired) electrons. The van der Waals surface area contributed by atoms with Crippen LogP contribution >= 0.6 is 11.3 Å². The minimum Gasteiger partial charge on any atom is -0.496 e. The number of thiazole rings is 1. The molecule has 0 aliphatic rings. The van der Waals surface area contributed by atoms with Crippen molar-refractivity contribution in [2.45, 2.75) is 33.2 Å². The lowest BCUT2D eigenvalue weighted by Crippen LogP contribution is -2.23. The second-order valence-corrected chi connectivity index (χ2v) is 5.96. The van der Waals surface area contributed by atoms with Gasteiger partial charge in [0, 0.05) is 17.8 Å². The fraction of sp³-hybridized carbons (Fsp3) is 0.438. The van der Waals surface area contributed by atoms with Crippen LogP contribution in [0.15, 0.2) is 23.6 Å². The molecule has 1 atom stereocenters. The van der Waals surface area contributed by atoms with Gasteiger partial charge in [0.2, 0.25) is 0 Å². The number of hydrogen-bond donors (Lipinski definition) is 1. The van der Waals surface area contributed by atoms with E-state index in [0.717, 1.165) is 29.4 Å². The molecule has 0 spiro atoms. The lowest BCUT2D eigenvalue weighted by atomic mass is 10.00. The van der Waals surface area contributed by atoms with Gasteiger partial charge in [0.1, 0.15) is 5.75 Å². The first kappa shape index (κ1) is 15.0. The van der Waals surface area contributed by atoms with Crippen molar-refractivity contribution in [2.75, 3.05) is 13.7 Å². The predicted molar refractivity (Wildman–Crippen MR) is 84.7 cm³/mol. The maximum absolute atomic E-state index is 5.33. The van der Waals surface area contributed by atoms with Gasteiger partial charge >= 0.3 is 0 Å². The fourth-order valence-electron chi connectivity index (χ4n) is 2.38. The van der Waals surface area contributed by atoms with Crippen molar-refractivity contribution in [1.82, 2.24) is 10.3 Å². The zero-order valence-corrected chi connectivity index (χ0v) is 13.4. The average molecular weight is 290 g/mol. The number of rotatable bonds is 6. The Morgan fingerprint density at radius 2 is 2.15 bits per heavy atom. The molecule has 1 heterocycles. The van der Waals surface area contributed by atoms with Crippen molar-refractivity contribution in [3.05, 3.63) is 45.4 Å². The monoisotopic (exact) mass is 290 g/mol. The maximum atomic E-state index is 5.33. The minimum atomic E-state index is 0.297. The highest BCUT2D eigenvalue weighted by atomic mass is 32.1. The van der Waals surface area contributed by atoms with Crippen molar-refractivity contribution >= 4 is 11.3 Å². The number of aryl methyl sites for hydroxylation is 2. The van der Waals surface area contributed by atoms with Gasteiger partial charge in [0.25, 0.3) is 0 Å². The number of nitrogens with zero attached hydrogens (tertiary/aromatic N) is 1. The summed E-state index contributed by atoms with van der Waals surface area (Å²) in [7, 11) is 1.71. The fourth-order valence-corrected chi connectivity index (χ4v) is 3.01. The van der Waals surface area contributed by atoms with Crippen molar-refractivity contribution in [3.63, 3.8) is 0 Å². The highest BCUT2D eigenvalue weighted by Crippen LogP contribution is 2.25. The maximum Gasteiger partial charge on any atom is 0.121 e. The van der Waals surface area contributed by atoms with Gasteiger partial charge in [-0.15, -0.1) is 11.3 Å². The average Bonchev–Trinajstić information content (AvgIpc) is 2.83. The van der Waals surface area contributed by atoms with Crippen molar-refractivity contribution in [2.24, 2.45) is 0 Å². The summed E-state index contributed by atoms with van der Waals surface area (Å²) in [5, 5.41) is 6.82. The first-order valence-electron chi connectivity index (χ1n) is 6.93. The normalized spacial score (nSPS) is 12.4. The molecular formula is C16H22N2OS. The van der Waals surface area contributed by atoms with Crippen LogP contribution in [0.1, 0.15) is 34.8 Å². The Kier molecular flexibility index (Phi) is 5.15. The molecule has 2 rings (SSSR count). The van der Waals surface area contributed by atoms with Gasteiger partial charge < -0.3 is 10.1 Å². The molecule has 0 aliphatic heterocycles. The molecule has 1 aromatic heterocycles. The molecule has 0 bridgehead atoms. The second-order valence-electron chi connectivity index (χ2n) is 4.90. The van der Waals surface area contributed by atoms with E-state index in [1.807, 2.05) is 13.0 Å². The van der Waals surface area contributed by atoms with Crippen LogP contribution in [-0.2, 0) is 6.42 Å². The second kappa shape index (κ2) is 6.86. The summed E-state index contributed by atoms with van der Waals surface area (Å²) in [5.74, 6) is 0.938. The van der Waals surface area contributed by atoms with Crippen LogP contribution in [0.3, 0.4) is 0 Å². The third-order valence-corrected chi connectivity index (χ3v) is 4.17. The van der Waals surface area contributed by atoms with E-state index >= 15 is 0 Å². The van der Waals surface area contributed by atoms with E-state index in [1.165, 1.54) is 11.1 Å². The van der Waals surface area contributed by atoms with Gasteiger partial charge in [-0.1, -0.05) is 19.1 Å². The van der Waals surface area contributed by atoms with E-state index in [9.17, 15) is 0 Å². The van der Waals surface area contributed by atoms with E-state index in [2.05, 4.69) is 41.7 Å². The number of hydrogen-bond acceptors (Lipinski definition) is 4. The Morgan fingerprint density at radius 1 is 1.35 bits per heavy atom. The van der Waals surface area contributed by atoms with Gasteiger partial charge in [-0.25, -0.2) is 4.98 Å². The molecule has 0 saturated heterocycles. The van der Waals surface area contributed by atoms with Gasteiger partial charge in [0.05, 0.1) is 17.8 Å². The van der Waals surface area contributed by atoms with Crippen LogP contribution in [0.5, 0.6) is 5.75 Å². The molecule has 0 saturated carbocycles. The number of methoxy groups -OCH3 is 1. The van der Waals surface area contributed by atoms with Crippen LogP contribution < -0.4 is 10.1 Å². The summed E-state index contributed by atoms with van der Waals surface area (Å²) in [6.07, 6.45) is 0.921. The van der Waals surface area contributed by atoms with E-state index in [1.54, 1.807) is 18.4 Å². The number of benzene rings is 1. The highest BCUT2D eigenvalue weighted by molar-refractivity contribution is 7.09. The summed E-state index contributed by atoms with van der Waals surface area (Å²) >= 11 is 1.71. The Balaban J connectivity index is 2.21. The lowest BCUT2D eigenvalue weighted by Gasteiger charge is -2.18. The van der Waals surface area contributed by atoms with Crippen LogP contribution in [-0.4, -0.2) is 18.6 Å². The van der Waals surface area contributed by atoms with E-state index in [4.69, 9.17) is 4.74 Å². The molecule has 1 N–H and O–H groups in total. The zero-order valence-electron chi connectivity index (χ0n) is 12.6. The molecule has 4 heteroatoms. The Morgan fingerprint density at radius 3 is 2.70 bits per heavy atom. The minimum absolute atomic E-state index is 0.297. The Hall–Kier alpha value is -1.39. The first-order valence-corrected chi connectivity index (χ1v) is 7.81. The smallest absolute Gasteiger partial charge is 0.121 e. The molecule has 20 heavy (non-hydrogen) atoms. The summed E-state index contributed by atoms with van der Waals surface area (Å²) in [6.45, 7) is 7.21. The van der Waals surface area contributed by atoms with Crippen LogP contribution in [0.4, 0.5) is 0 Å². The van der Waals surface area contributed by atoms with Gasteiger partial charge in [0.15, 0.2) is 0 Å². The molecule has 0 fully saturated rings. The summed E-state index contributed by atoms with van der Waals surface area (Å²) < 4.78 is 5.33.